The molecule has 0 saturated heterocycles. The molecule has 0 unspecified atom stereocenters. The molecule has 1 heterocycles. The maximum atomic E-state index is 12.3. The Labute approximate surface area is 138 Å². The van der Waals surface area contributed by atoms with Crippen molar-refractivity contribution >= 4 is 23.5 Å². The van der Waals surface area contributed by atoms with Gasteiger partial charge in [-0.2, -0.15) is 0 Å². The van der Waals surface area contributed by atoms with E-state index in [1.165, 1.54) is 0 Å². The molecule has 1 saturated carbocycles. The quantitative estimate of drug-likeness (QED) is 0.873. The molecule has 3 rings (SSSR count). The normalized spacial score (nSPS) is 15.7. The van der Waals surface area contributed by atoms with E-state index in [1.807, 2.05) is 12.1 Å². The van der Waals surface area contributed by atoms with Gasteiger partial charge in [-0.05, 0) is 43.5 Å². The average Bonchev–Trinajstić information content (AvgIpc) is 2.94. The second kappa shape index (κ2) is 6.08. The standard InChI is InChI=1S/C17H16ClNO4/c18-12-5-2-1-4-11(12)13-6-7-14(23-13)16(22)19-17(8-3-9-17)10-15(20)21/h1-2,4-7H,3,8-10H2,(H,19,22)(H,20,21). The summed E-state index contributed by atoms with van der Waals surface area (Å²) in [7, 11) is 0. The highest BCUT2D eigenvalue weighted by atomic mass is 35.5. The molecule has 2 N–H and O–H groups in total. The zero-order valence-corrected chi connectivity index (χ0v) is 13.1. The van der Waals surface area contributed by atoms with Gasteiger partial charge in [-0.25, -0.2) is 0 Å². The number of carboxylic acids is 1. The molecule has 6 heteroatoms. The molecule has 120 valence electrons. The number of hydrogen-bond donors (Lipinski definition) is 2. The number of nitrogens with one attached hydrogen (secondary N) is 1. The average molecular weight is 334 g/mol. The Morgan fingerprint density at radius 2 is 1.96 bits per heavy atom. The van der Waals surface area contributed by atoms with Crippen molar-refractivity contribution in [1.29, 1.82) is 0 Å². The first-order valence-electron chi connectivity index (χ1n) is 7.38. The van der Waals surface area contributed by atoms with Crippen molar-refractivity contribution in [2.24, 2.45) is 0 Å². The monoisotopic (exact) mass is 333 g/mol. The third-order valence-electron chi connectivity index (χ3n) is 4.15. The van der Waals surface area contributed by atoms with E-state index < -0.39 is 17.4 Å². The van der Waals surface area contributed by atoms with Gasteiger partial charge in [0.25, 0.3) is 5.91 Å². The molecular formula is C17H16ClNO4. The van der Waals surface area contributed by atoms with E-state index in [-0.39, 0.29) is 12.2 Å². The number of benzene rings is 1. The first kappa shape index (κ1) is 15.6. The lowest BCUT2D eigenvalue weighted by molar-refractivity contribution is -0.139. The summed E-state index contributed by atoms with van der Waals surface area (Å²) in [6.07, 6.45) is 2.18. The highest BCUT2D eigenvalue weighted by molar-refractivity contribution is 6.33. The maximum Gasteiger partial charge on any atom is 0.305 e. The molecule has 1 aromatic carbocycles. The minimum absolute atomic E-state index is 0.0726. The van der Waals surface area contributed by atoms with Gasteiger partial charge < -0.3 is 14.8 Å². The molecule has 2 aromatic rings. The molecule has 0 bridgehead atoms. The SMILES string of the molecule is O=C(O)CC1(NC(=O)c2ccc(-c3ccccc3Cl)o2)CCC1. The lowest BCUT2D eigenvalue weighted by Crippen LogP contribution is -2.54. The van der Waals surface area contributed by atoms with Crippen molar-refractivity contribution in [3.05, 3.63) is 47.2 Å². The lowest BCUT2D eigenvalue weighted by atomic mass is 9.74. The molecule has 5 nitrogen and oxygen atoms in total. The first-order chi connectivity index (χ1) is 11.0. The van der Waals surface area contributed by atoms with Crippen LogP contribution >= 0.6 is 11.6 Å². The molecule has 0 spiro atoms. The minimum Gasteiger partial charge on any atom is -0.481 e. The van der Waals surface area contributed by atoms with Crippen LogP contribution in [0, 0.1) is 0 Å². The van der Waals surface area contributed by atoms with E-state index in [1.54, 1.807) is 24.3 Å². The fraction of sp³-hybridized carbons (Fsp3) is 0.294. The van der Waals surface area contributed by atoms with Crippen LogP contribution in [0.15, 0.2) is 40.8 Å². The van der Waals surface area contributed by atoms with Gasteiger partial charge in [0.2, 0.25) is 0 Å². The number of carbonyl (C=O) groups excluding carboxylic acids is 1. The second-order valence-corrected chi connectivity index (χ2v) is 6.21. The van der Waals surface area contributed by atoms with Crippen LogP contribution < -0.4 is 5.32 Å². The number of hydrogen-bond acceptors (Lipinski definition) is 3. The Morgan fingerprint density at radius 1 is 1.22 bits per heavy atom. The lowest BCUT2D eigenvalue weighted by Gasteiger charge is -2.41. The fourth-order valence-corrected chi connectivity index (χ4v) is 3.04. The van der Waals surface area contributed by atoms with Crippen molar-refractivity contribution in [3.63, 3.8) is 0 Å². The first-order valence-corrected chi connectivity index (χ1v) is 7.76. The summed E-state index contributed by atoms with van der Waals surface area (Å²) in [5.74, 6) is -0.663. The van der Waals surface area contributed by atoms with E-state index >= 15 is 0 Å². The number of furan rings is 1. The van der Waals surface area contributed by atoms with E-state index in [4.69, 9.17) is 21.1 Å². The van der Waals surface area contributed by atoms with Crippen molar-refractivity contribution in [2.45, 2.75) is 31.2 Å². The molecule has 1 aromatic heterocycles. The van der Waals surface area contributed by atoms with Crippen LogP contribution in [0.1, 0.15) is 36.2 Å². The maximum absolute atomic E-state index is 12.3. The Bertz CT molecular complexity index is 749. The zero-order chi connectivity index (χ0) is 16.4. The van der Waals surface area contributed by atoms with Crippen molar-refractivity contribution in [3.8, 4) is 11.3 Å². The van der Waals surface area contributed by atoms with Crippen LogP contribution in [-0.2, 0) is 4.79 Å². The summed E-state index contributed by atoms with van der Waals surface area (Å²) >= 11 is 6.12. The van der Waals surface area contributed by atoms with Crippen molar-refractivity contribution < 1.29 is 19.1 Å². The molecule has 23 heavy (non-hydrogen) atoms. The number of halogens is 1. The summed E-state index contributed by atoms with van der Waals surface area (Å²) in [4.78, 5) is 23.3. The largest absolute Gasteiger partial charge is 0.481 e. The van der Waals surface area contributed by atoms with Crippen LogP contribution in [0.5, 0.6) is 0 Å². The van der Waals surface area contributed by atoms with Gasteiger partial charge in [0.15, 0.2) is 5.76 Å². The van der Waals surface area contributed by atoms with E-state index in [0.29, 0.717) is 29.2 Å². The number of aliphatic carboxylic acids is 1. The molecule has 1 aliphatic rings. The number of carboxylic acid groups (broad SMARTS) is 1. The summed E-state index contributed by atoms with van der Waals surface area (Å²) in [5, 5.41) is 12.3. The van der Waals surface area contributed by atoms with E-state index in [2.05, 4.69) is 5.32 Å². The number of rotatable bonds is 5. The topological polar surface area (TPSA) is 79.5 Å². The summed E-state index contributed by atoms with van der Waals surface area (Å²) in [6.45, 7) is 0. The molecular weight excluding hydrogens is 318 g/mol. The predicted molar refractivity (Wildman–Crippen MR) is 85.5 cm³/mol. The molecule has 1 aliphatic carbocycles. The Balaban J connectivity index is 1.76. The summed E-state index contributed by atoms with van der Waals surface area (Å²) in [5.41, 5.74) is 0.0531. The minimum atomic E-state index is -0.916. The second-order valence-electron chi connectivity index (χ2n) is 5.80. The molecule has 0 aliphatic heterocycles. The van der Waals surface area contributed by atoms with Gasteiger partial charge in [-0.3, -0.25) is 9.59 Å². The summed E-state index contributed by atoms with van der Waals surface area (Å²) in [6, 6.07) is 10.5. The van der Waals surface area contributed by atoms with Gasteiger partial charge in [-0.1, -0.05) is 23.7 Å². The van der Waals surface area contributed by atoms with Gasteiger partial charge >= 0.3 is 5.97 Å². The smallest absolute Gasteiger partial charge is 0.305 e. The number of amides is 1. The van der Waals surface area contributed by atoms with Crippen LogP contribution in [-0.4, -0.2) is 22.5 Å². The Hall–Kier alpha value is -2.27. The van der Waals surface area contributed by atoms with Crippen LogP contribution in [0.4, 0.5) is 0 Å². The zero-order valence-electron chi connectivity index (χ0n) is 12.3. The van der Waals surface area contributed by atoms with Crippen molar-refractivity contribution in [2.75, 3.05) is 0 Å². The van der Waals surface area contributed by atoms with Gasteiger partial charge in [0.1, 0.15) is 5.76 Å². The third kappa shape index (κ3) is 3.24. The van der Waals surface area contributed by atoms with Gasteiger partial charge in [0.05, 0.1) is 17.0 Å². The molecule has 1 fully saturated rings. The molecule has 1 amide bonds. The fourth-order valence-electron chi connectivity index (χ4n) is 2.81. The Kier molecular flexibility index (Phi) is 4.13. The van der Waals surface area contributed by atoms with Gasteiger partial charge in [0, 0.05) is 5.56 Å². The van der Waals surface area contributed by atoms with E-state index in [0.717, 1.165) is 6.42 Å². The van der Waals surface area contributed by atoms with Crippen LogP contribution in [0.2, 0.25) is 5.02 Å². The third-order valence-corrected chi connectivity index (χ3v) is 4.48. The molecule has 0 atom stereocenters. The number of carbonyl (C=O) groups is 2. The molecule has 0 radical (unpaired) electrons. The van der Waals surface area contributed by atoms with Crippen LogP contribution in [0.3, 0.4) is 0 Å². The van der Waals surface area contributed by atoms with Crippen LogP contribution in [0.25, 0.3) is 11.3 Å². The highest BCUT2D eigenvalue weighted by Crippen LogP contribution is 2.35. The van der Waals surface area contributed by atoms with E-state index in [9.17, 15) is 9.59 Å². The predicted octanol–water partition coefficient (Wildman–Crippen LogP) is 3.73. The highest BCUT2D eigenvalue weighted by Gasteiger charge is 2.40. The Morgan fingerprint density at radius 3 is 2.57 bits per heavy atom. The van der Waals surface area contributed by atoms with Crippen molar-refractivity contribution in [1.82, 2.24) is 5.32 Å². The van der Waals surface area contributed by atoms with Gasteiger partial charge in [-0.15, -0.1) is 0 Å². The summed E-state index contributed by atoms with van der Waals surface area (Å²) < 4.78 is 5.59.